The predicted octanol–water partition coefficient (Wildman–Crippen LogP) is -2.27. The predicted molar refractivity (Wildman–Crippen MR) is 120 cm³/mol. The highest BCUT2D eigenvalue weighted by molar-refractivity contribution is 5.94. The molecule has 0 unspecified atom stereocenters. The number of carbonyl (C=O) groups excluding carboxylic acids is 5. The van der Waals surface area contributed by atoms with Crippen molar-refractivity contribution in [2.24, 2.45) is 17.2 Å². The zero-order valence-corrected chi connectivity index (χ0v) is 19.2. The molecule has 12 heteroatoms. The Morgan fingerprint density at radius 3 is 1.53 bits per heavy atom. The summed E-state index contributed by atoms with van der Waals surface area (Å²) in [6, 6.07) is -3.58. The van der Waals surface area contributed by atoms with Gasteiger partial charge in [-0.05, 0) is 65.5 Å². The van der Waals surface area contributed by atoms with Gasteiger partial charge in [0, 0.05) is 6.92 Å². The van der Waals surface area contributed by atoms with Crippen LogP contribution in [0.5, 0.6) is 0 Å². The summed E-state index contributed by atoms with van der Waals surface area (Å²) in [5, 5.41) is 10.1. The van der Waals surface area contributed by atoms with Gasteiger partial charge in [-0.2, -0.15) is 0 Å². The van der Waals surface area contributed by atoms with Gasteiger partial charge in [-0.15, -0.1) is 0 Å². The molecular formula is C20H39N7O5. The number of unbranched alkanes of at least 4 members (excludes halogenated alkanes) is 2. The number of rotatable bonds is 16. The van der Waals surface area contributed by atoms with Gasteiger partial charge in [-0.25, -0.2) is 0 Å². The molecule has 0 spiro atoms. The highest BCUT2D eigenvalue weighted by Crippen LogP contribution is 2.03. The zero-order chi connectivity index (χ0) is 24.7. The van der Waals surface area contributed by atoms with Gasteiger partial charge in [0.15, 0.2) is 0 Å². The van der Waals surface area contributed by atoms with Crippen LogP contribution in [-0.4, -0.2) is 66.8 Å². The van der Waals surface area contributed by atoms with Crippen molar-refractivity contribution in [2.45, 2.75) is 83.5 Å². The van der Waals surface area contributed by atoms with E-state index in [0.29, 0.717) is 51.6 Å². The minimum absolute atomic E-state index is 0.347. The Kier molecular flexibility index (Phi) is 14.6. The second-order valence-corrected chi connectivity index (χ2v) is 7.75. The van der Waals surface area contributed by atoms with Crippen molar-refractivity contribution in [3.8, 4) is 0 Å². The van der Waals surface area contributed by atoms with Crippen LogP contribution in [-0.2, 0) is 24.0 Å². The van der Waals surface area contributed by atoms with Gasteiger partial charge in [0.2, 0.25) is 29.5 Å². The SMILES string of the molecule is CC(=O)N[C@@H](CCCCN)C(=O)N[C@@H](C)C(=O)N[C@@H](C)C(=O)N[C@@H](CCCCN)C(N)=O. The van der Waals surface area contributed by atoms with Crippen LogP contribution in [0, 0.1) is 0 Å². The third-order valence-corrected chi connectivity index (χ3v) is 4.75. The Morgan fingerprint density at radius 1 is 0.656 bits per heavy atom. The molecule has 4 atom stereocenters. The Bertz CT molecular complexity index is 644. The fourth-order valence-corrected chi connectivity index (χ4v) is 2.87. The molecule has 10 N–H and O–H groups in total. The molecule has 0 saturated heterocycles. The number of primary amides is 1. The number of nitrogens with two attached hydrogens (primary N) is 3. The van der Waals surface area contributed by atoms with Crippen LogP contribution in [0.15, 0.2) is 0 Å². The van der Waals surface area contributed by atoms with E-state index in [1.807, 2.05) is 0 Å². The van der Waals surface area contributed by atoms with E-state index < -0.39 is 47.8 Å². The molecule has 0 bridgehead atoms. The summed E-state index contributed by atoms with van der Waals surface area (Å²) in [4.78, 5) is 60.1. The smallest absolute Gasteiger partial charge is 0.243 e. The van der Waals surface area contributed by atoms with Crippen LogP contribution >= 0.6 is 0 Å². The summed E-state index contributed by atoms with van der Waals surface area (Å²) in [5.41, 5.74) is 16.2. The minimum Gasteiger partial charge on any atom is -0.368 e. The second kappa shape index (κ2) is 16.0. The third-order valence-electron chi connectivity index (χ3n) is 4.75. The highest BCUT2D eigenvalue weighted by atomic mass is 16.2. The second-order valence-electron chi connectivity index (χ2n) is 7.75. The molecule has 0 heterocycles. The van der Waals surface area contributed by atoms with E-state index in [-0.39, 0.29) is 5.91 Å². The lowest BCUT2D eigenvalue weighted by atomic mass is 10.1. The lowest BCUT2D eigenvalue weighted by Gasteiger charge is -2.23. The van der Waals surface area contributed by atoms with Gasteiger partial charge in [-0.1, -0.05) is 0 Å². The summed E-state index contributed by atoms with van der Waals surface area (Å²) in [7, 11) is 0. The number of nitrogens with one attached hydrogen (secondary N) is 4. The van der Waals surface area contributed by atoms with Gasteiger partial charge in [0.05, 0.1) is 0 Å². The Labute approximate surface area is 189 Å². The van der Waals surface area contributed by atoms with E-state index in [1.165, 1.54) is 20.8 Å². The number of carbonyl (C=O) groups is 5. The molecule has 0 aromatic heterocycles. The van der Waals surface area contributed by atoms with Gasteiger partial charge >= 0.3 is 0 Å². The maximum absolute atomic E-state index is 12.5. The first-order chi connectivity index (χ1) is 15.0. The maximum Gasteiger partial charge on any atom is 0.243 e. The van der Waals surface area contributed by atoms with Crippen LogP contribution in [0.3, 0.4) is 0 Å². The van der Waals surface area contributed by atoms with E-state index in [9.17, 15) is 24.0 Å². The van der Waals surface area contributed by atoms with E-state index in [4.69, 9.17) is 17.2 Å². The van der Waals surface area contributed by atoms with Gasteiger partial charge in [-0.3, -0.25) is 24.0 Å². The Balaban J connectivity index is 4.78. The monoisotopic (exact) mass is 457 g/mol. The quantitative estimate of drug-likeness (QED) is 0.126. The molecule has 0 radical (unpaired) electrons. The van der Waals surface area contributed by atoms with Crippen molar-refractivity contribution in [2.75, 3.05) is 13.1 Å². The topological polar surface area (TPSA) is 212 Å². The molecule has 0 saturated carbocycles. The molecular weight excluding hydrogens is 418 g/mol. The molecule has 32 heavy (non-hydrogen) atoms. The van der Waals surface area contributed by atoms with Crippen molar-refractivity contribution < 1.29 is 24.0 Å². The molecule has 5 amide bonds. The van der Waals surface area contributed by atoms with E-state index in [2.05, 4.69) is 21.3 Å². The first kappa shape index (κ1) is 29.3. The molecule has 0 aliphatic heterocycles. The minimum atomic E-state index is -0.964. The van der Waals surface area contributed by atoms with Crippen LogP contribution in [0.1, 0.15) is 59.3 Å². The lowest BCUT2D eigenvalue weighted by molar-refractivity contribution is -0.133. The summed E-state index contributed by atoms with van der Waals surface area (Å²) >= 11 is 0. The average molecular weight is 458 g/mol. The van der Waals surface area contributed by atoms with Crippen molar-refractivity contribution in [3.05, 3.63) is 0 Å². The number of hydrogen-bond acceptors (Lipinski definition) is 7. The lowest BCUT2D eigenvalue weighted by Crippen LogP contribution is -2.56. The number of hydrogen-bond donors (Lipinski definition) is 7. The molecule has 0 rings (SSSR count). The molecule has 0 aliphatic carbocycles. The van der Waals surface area contributed by atoms with Gasteiger partial charge in [0.1, 0.15) is 24.2 Å². The van der Waals surface area contributed by atoms with Crippen molar-refractivity contribution in [3.63, 3.8) is 0 Å². The summed E-state index contributed by atoms with van der Waals surface area (Å²) < 4.78 is 0. The third kappa shape index (κ3) is 12.2. The standard InChI is InChI=1S/C20H39N7O5/c1-12(25-20(32)16(26-14(3)28)9-5-7-11-22)18(30)24-13(2)19(31)27-15(17(23)29)8-4-6-10-21/h12-13,15-16H,4-11,21-22H2,1-3H3,(H2,23,29)(H,24,30)(H,25,32)(H,26,28)(H,27,31)/t12-,13-,15-,16-/m0/s1. The molecule has 184 valence electrons. The molecule has 0 aromatic rings. The van der Waals surface area contributed by atoms with Gasteiger partial charge in [0.25, 0.3) is 0 Å². The normalized spacial score (nSPS) is 14.4. The molecule has 0 fully saturated rings. The van der Waals surface area contributed by atoms with Crippen molar-refractivity contribution in [1.82, 2.24) is 21.3 Å². The largest absolute Gasteiger partial charge is 0.368 e. The van der Waals surface area contributed by atoms with Crippen molar-refractivity contribution >= 4 is 29.5 Å². The van der Waals surface area contributed by atoms with Crippen LogP contribution in [0.4, 0.5) is 0 Å². The van der Waals surface area contributed by atoms with E-state index in [0.717, 1.165) is 0 Å². The van der Waals surface area contributed by atoms with Gasteiger partial charge < -0.3 is 38.5 Å². The zero-order valence-electron chi connectivity index (χ0n) is 19.2. The molecule has 12 nitrogen and oxygen atoms in total. The first-order valence-corrected chi connectivity index (χ1v) is 10.9. The summed E-state index contributed by atoms with van der Waals surface area (Å²) in [5.74, 6) is -2.72. The number of amides is 5. The van der Waals surface area contributed by atoms with Crippen LogP contribution in [0.2, 0.25) is 0 Å². The Hall–Kier alpha value is -2.73. The van der Waals surface area contributed by atoms with E-state index >= 15 is 0 Å². The Morgan fingerprint density at radius 2 is 1.09 bits per heavy atom. The van der Waals surface area contributed by atoms with Crippen LogP contribution in [0.25, 0.3) is 0 Å². The van der Waals surface area contributed by atoms with Crippen molar-refractivity contribution in [1.29, 1.82) is 0 Å². The first-order valence-electron chi connectivity index (χ1n) is 10.9. The van der Waals surface area contributed by atoms with Crippen LogP contribution < -0.4 is 38.5 Å². The molecule has 0 aliphatic rings. The molecule has 0 aromatic carbocycles. The maximum atomic E-state index is 12.5. The highest BCUT2D eigenvalue weighted by Gasteiger charge is 2.26. The summed E-state index contributed by atoms with van der Waals surface area (Å²) in [6.45, 7) is 5.14. The average Bonchev–Trinajstić information content (AvgIpc) is 2.71. The fraction of sp³-hybridized carbons (Fsp3) is 0.750. The summed E-state index contributed by atoms with van der Waals surface area (Å²) in [6.07, 6.45) is 3.38. The fourth-order valence-electron chi connectivity index (χ4n) is 2.87. The van der Waals surface area contributed by atoms with E-state index in [1.54, 1.807) is 0 Å².